The van der Waals surface area contributed by atoms with Crippen LogP contribution in [-0.2, 0) is 0 Å². The number of nitrogens with zero attached hydrogens (tertiary/aromatic N) is 1. The minimum absolute atomic E-state index is 0.261. The van der Waals surface area contributed by atoms with Crippen molar-refractivity contribution in [2.45, 2.75) is 55.3 Å². The lowest BCUT2D eigenvalue weighted by molar-refractivity contribution is -0.130. The molecule has 0 rings (SSSR count). The van der Waals surface area contributed by atoms with Crippen LogP contribution in [0.1, 0.15) is 6.42 Å². The van der Waals surface area contributed by atoms with Crippen molar-refractivity contribution in [3.8, 4) is 0 Å². The second kappa shape index (κ2) is 14.5. The fraction of sp³-hybridized carbons (Fsp3) is 1.00. The first kappa shape index (κ1) is 27.5. The number of aliphatic hydroxyl groups is 10. The first-order valence-corrected chi connectivity index (χ1v) is 9.13. The zero-order chi connectivity index (χ0) is 21.9. The van der Waals surface area contributed by atoms with Gasteiger partial charge in [-0.05, 0) is 26.6 Å². The van der Waals surface area contributed by atoms with Crippen LogP contribution in [0.5, 0.6) is 0 Å². The molecule has 12 heteroatoms. The van der Waals surface area contributed by atoms with Gasteiger partial charge in [-0.3, -0.25) is 4.90 Å². The van der Waals surface area contributed by atoms with Gasteiger partial charge >= 0.3 is 0 Å². The molecular formula is C16H36N2O10. The Labute approximate surface area is 163 Å². The van der Waals surface area contributed by atoms with E-state index in [-0.39, 0.29) is 13.1 Å². The Kier molecular flexibility index (Phi) is 14.2. The van der Waals surface area contributed by atoms with E-state index in [1.165, 1.54) is 4.90 Å². The van der Waals surface area contributed by atoms with Gasteiger partial charge in [0, 0.05) is 13.1 Å². The Morgan fingerprint density at radius 3 is 1.32 bits per heavy atom. The van der Waals surface area contributed by atoms with Crippen LogP contribution in [0.25, 0.3) is 0 Å². The summed E-state index contributed by atoms with van der Waals surface area (Å²) in [5, 5.41) is 98.7. The Bertz CT molecular complexity index is 364. The monoisotopic (exact) mass is 416 g/mol. The van der Waals surface area contributed by atoms with Crippen molar-refractivity contribution >= 4 is 0 Å². The highest BCUT2D eigenvalue weighted by atomic mass is 16.4. The summed E-state index contributed by atoms with van der Waals surface area (Å²) >= 11 is 0. The lowest BCUT2D eigenvalue weighted by atomic mass is 10.0. The Hall–Kier alpha value is -0.480. The molecule has 0 saturated carbocycles. The van der Waals surface area contributed by atoms with Gasteiger partial charge in [0.2, 0.25) is 0 Å². The van der Waals surface area contributed by atoms with Crippen LogP contribution in [0.3, 0.4) is 0 Å². The molecule has 0 aromatic heterocycles. The Balaban J connectivity index is 4.96. The first-order chi connectivity index (χ1) is 13.1. The molecule has 0 amide bonds. The molecule has 12 nitrogen and oxygen atoms in total. The minimum atomic E-state index is -1.80. The predicted octanol–water partition coefficient (Wildman–Crippen LogP) is -6.23. The highest BCUT2D eigenvalue weighted by Crippen LogP contribution is 2.11. The summed E-state index contributed by atoms with van der Waals surface area (Å²) in [6, 6.07) is 0. The van der Waals surface area contributed by atoms with Crippen LogP contribution < -0.4 is 5.32 Å². The maximum absolute atomic E-state index is 10.1. The van der Waals surface area contributed by atoms with Crippen molar-refractivity contribution in [2.24, 2.45) is 0 Å². The average Bonchev–Trinajstić information content (AvgIpc) is 2.69. The second-order valence-corrected chi connectivity index (χ2v) is 6.81. The van der Waals surface area contributed by atoms with Crippen molar-refractivity contribution in [1.29, 1.82) is 0 Å². The zero-order valence-corrected chi connectivity index (χ0v) is 16.0. The summed E-state index contributed by atoms with van der Waals surface area (Å²) in [5.41, 5.74) is 0. The molecule has 0 aromatic rings. The molecule has 170 valence electrons. The molecular weight excluding hydrogens is 380 g/mol. The Morgan fingerprint density at radius 1 is 0.643 bits per heavy atom. The first-order valence-electron chi connectivity index (χ1n) is 9.13. The normalized spacial score (nSPS) is 21.0. The van der Waals surface area contributed by atoms with Gasteiger partial charge in [0.15, 0.2) is 0 Å². The van der Waals surface area contributed by atoms with E-state index in [0.29, 0.717) is 19.5 Å². The summed E-state index contributed by atoms with van der Waals surface area (Å²) in [6.07, 6.45) is -13.0. The van der Waals surface area contributed by atoms with Crippen LogP contribution in [0.15, 0.2) is 0 Å². The van der Waals surface area contributed by atoms with Crippen LogP contribution in [0.2, 0.25) is 0 Å². The molecule has 0 bridgehead atoms. The topological polar surface area (TPSA) is 218 Å². The molecule has 11 N–H and O–H groups in total. The molecule has 0 fully saturated rings. The molecule has 8 atom stereocenters. The summed E-state index contributed by atoms with van der Waals surface area (Å²) in [7, 11) is 1.72. The molecule has 28 heavy (non-hydrogen) atoms. The number of hydrogen-bond donors (Lipinski definition) is 11. The second-order valence-electron chi connectivity index (χ2n) is 6.81. The fourth-order valence-electron chi connectivity index (χ4n) is 2.61. The van der Waals surface area contributed by atoms with Gasteiger partial charge in [-0.1, -0.05) is 0 Å². The van der Waals surface area contributed by atoms with Crippen molar-refractivity contribution in [3.63, 3.8) is 0 Å². The van der Waals surface area contributed by atoms with E-state index in [1.54, 1.807) is 7.05 Å². The third-order valence-electron chi connectivity index (χ3n) is 4.44. The zero-order valence-electron chi connectivity index (χ0n) is 16.0. The van der Waals surface area contributed by atoms with E-state index < -0.39 is 62.0 Å². The van der Waals surface area contributed by atoms with Gasteiger partial charge < -0.3 is 56.4 Å². The van der Waals surface area contributed by atoms with E-state index in [1.807, 2.05) is 0 Å². The van der Waals surface area contributed by atoms with Crippen LogP contribution >= 0.6 is 0 Å². The largest absolute Gasteiger partial charge is 0.394 e. The van der Waals surface area contributed by atoms with Crippen LogP contribution in [0, 0.1) is 0 Å². The smallest absolute Gasteiger partial charge is 0.111 e. The molecule has 0 aliphatic heterocycles. The quantitative estimate of drug-likeness (QED) is 0.106. The van der Waals surface area contributed by atoms with Gasteiger partial charge in [-0.25, -0.2) is 0 Å². The summed E-state index contributed by atoms with van der Waals surface area (Å²) in [5.74, 6) is 0. The number of aliphatic hydroxyl groups excluding tert-OH is 10. The van der Waals surface area contributed by atoms with Gasteiger partial charge in [0.05, 0.1) is 25.4 Å². The van der Waals surface area contributed by atoms with Crippen LogP contribution in [-0.4, -0.2) is 151 Å². The lowest BCUT2D eigenvalue weighted by Crippen LogP contribution is -2.53. The number of nitrogens with one attached hydrogen (secondary N) is 1. The van der Waals surface area contributed by atoms with Gasteiger partial charge in [0.1, 0.15) is 36.6 Å². The molecule has 0 aliphatic carbocycles. The number of rotatable bonds is 16. The average molecular weight is 416 g/mol. The maximum Gasteiger partial charge on any atom is 0.111 e. The van der Waals surface area contributed by atoms with E-state index in [4.69, 9.17) is 10.2 Å². The van der Waals surface area contributed by atoms with E-state index in [0.717, 1.165) is 0 Å². The molecule has 0 radical (unpaired) electrons. The van der Waals surface area contributed by atoms with Gasteiger partial charge in [-0.2, -0.15) is 0 Å². The van der Waals surface area contributed by atoms with Gasteiger partial charge in [-0.15, -0.1) is 0 Å². The number of hydrogen-bond acceptors (Lipinski definition) is 12. The van der Waals surface area contributed by atoms with Crippen molar-refractivity contribution in [2.75, 3.05) is 46.4 Å². The summed E-state index contributed by atoms with van der Waals surface area (Å²) in [6.45, 7) is -1.26. The fourth-order valence-corrected chi connectivity index (χ4v) is 2.61. The standard InChI is InChI=1S/C16H36N2O10/c1-17-3-2-4-18(5-9(21)13(25)15(27)11(23)7-19)6-10(22)14(26)16(28)12(24)8-20/h9-17,19-28H,2-8H2,1H3. The van der Waals surface area contributed by atoms with Crippen LogP contribution in [0.4, 0.5) is 0 Å². The highest BCUT2D eigenvalue weighted by Gasteiger charge is 2.34. The molecule has 0 heterocycles. The summed E-state index contributed by atoms with van der Waals surface area (Å²) in [4.78, 5) is 1.45. The third-order valence-corrected chi connectivity index (χ3v) is 4.44. The molecule has 0 spiro atoms. The van der Waals surface area contributed by atoms with Gasteiger partial charge in [0.25, 0.3) is 0 Å². The summed E-state index contributed by atoms with van der Waals surface area (Å²) < 4.78 is 0. The van der Waals surface area contributed by atoms with E-state index >= 15 is 0 Å². The maximum atomic E-state index is 10.1. The molecule has 0 saturated heterocycles. The predicted molar refractivity (Wildman–Crippen MR) is 97.2 cm³/mol. The third kappa shape index (κ3) is 9.35. The molecule has 0 aromatic carbocycles. The van der Waals surface area contributed by atoms with Crippen molar-refractivity contribution in [3.05, 3.63) is 0 Å². The van der Waals surface area contributed by atoms with E-state index in [9.17, 15) is 40.9 Å². The minimum Gasteiger partial charge on any atom is -0.394 e. The van der Waals surface area contributed by atoms with E-state index in [2.05, 4.69) is 5.32 Å². The molecule has 0 aliphatic rings. The highest BCUT2D eigenvalue weighted by molar-refractivity contribution is 4.86. The lowest BCUT2D eigenvalue weighted by Gasteiger charge is -2.33. The van der Waals surface area contributed by atoms with Crippen molar-refractivity contribution in [1.82, 2.24) is 10.2 Å². The SMILES string of the molecule is CNCCCN(CC(O)C(O)C(O)C(O)CO)CC(O)C(O)C(O)C(O)CO. The Morgan fingerprint density at radius 2 is 1.00 bits per heavy atom. The molecule has 8 unspecified atom stereocenters. The van der Waals surface area contributed by atoms with Crippen molar-refractivity contribution < 1.29 is 51.1 Å².